The summed E-state index contributed by atoms with van der Waals surface area (Å²) in [6.45, 7) is 3.11. The number of nitrogens with zero attached hydrogens (tertiary/aromatic N) is 4. The molecule has 0 aliphatic carbocycles. The Morgan fingerprint density at radius 2 is 1.83 bits per heavy atom. The minimum atomic E-state index is 0.0282. The van der Waals surface area contributed by atoms with Crippen LogP contribution in [0.5, 0.6) is 0 Å². The second-order valence-electron chi connectivity index (χ2n) is 5.42. The van der Waals surface area contributed by atoms with Gasteiger partial charge in [-0.25, -0.2) is 9.97 Å². The van der Waals surface area contributed by atoms with Gasteiger partial charge in [-0.15, -0.1) is 0 Å². The number of amides is 1. The zero-order valence-electron chi connectivity index (χ0n) is 13.0. The number of anilines is 2. The van der Waals surface area contributed by atoms with Gasteiger partial charge >= 0.3 is 0 Å². The number of carbonyl (C=O) groups excluding carboxylic acids is 1. The topological polar surface area (TPSA) is 61.4 Å². The number of nitrogens with one attached hydrogen (secondary N) is 1. The number of halogens is 2. The van der Waals surface area contributed by atoms with Crippen molar-refractivity contribution >= 4 is 40.6 Å². The van der Waals surface area contributed by atoms with Crippen LogP contribution in [-0.2, 0) is 4.79 Å². The molecule has 1 aromatic carbocycles. The monoisotopic (exact) mass is 365 g/mol. The van der Waals surface area contributed by atoms with Crippen molar-refractivity contribution in [1.82, 2.24) is 14.9 Å². The third-order valence-electron chi connectivity index (χ3n) is 3.90. The molecule has 1 aliphatic heterocycles. The van der Waals surface area contributed by atoms with Crippen LogP contribution in [0.1, 0.15) is 0 Å². The molecule has 8 heteroatoms. The number of aromatic nitrogens is 2. The summed E-state index contributed by atoms with van der Waals surface area (Å²) in [5, 5.41) is 4.08. The molecule has 6 nitrogen and oxygen atoms in total. The normalized spacial score (nSPS) is 14.6. The lowest BCUT2D eigenvalue weighted by molar-refractivity contribution is -0.129. The van der Waals surface area contributed by atoms with E-state index in [0.29, 0.717) is 23.9 Å². The summed E-state index contributed by atoms with van der Waals surface area (Å²) in [5.74, 6) is 0.500. The first-order valence-electron chi connectivity index (χ1n) is 7.61. The molecule has 1 saturated heterocycles. The summed E-state index contributed by atoms with van der Waals surface area (Å²) in [4.78, 5) is 24.2. The summed E-state index contributed by atoms with van der Waals surface area (Å²) in [6, 6.07) is 7.75. The molecule has 1 aliphatic rings. The van der Waals surface area contributed by atoms with E-state index in [4.69, 9.17) is 23.2 Å². The van der Waals surface area contributed by atoms with Crippen molar-refractivity contribution in [2.45, 2.75) is 0 Å². The maximum absolute atomic E-state index is 12.3. The van der Waals surface area contributed by atoms with Crippen molar-refractivity contribution in [3.63, 3.8) is 0 Å². The molecule has 0 atom stereocenters. The van der Waals surface area contributed by atoms with Gasteiger partial charge in [0, 0.05) is 36.9 Å². The van der Waals surface area contributed by atoms with Gasteiger partial charge < -0.3 is 15.1 Å². The first-order chi connectivity index (χ1) is 11.6. The molecular formula is C16H17Cl2N5O. The molecule has 2 aromatic rings. The smallest absolute Gasteiger partial charge is 0.242 e. The van der Waals surface area contributed by atoms with Gasteiger partial charge in [0.2, 0.25) is 5.91 Å². The number of piperazine rings is 1. The SMILES string of the molecule is O=C(CNc1ncncc1Cl)N1CCN(c2ccc(Cl)cc2)CC1. The predicted octanol–water partition coefficient (Wildman–Crippen LogP) is 2.54. The Morgan fingerprint density at radius 1 is 1.12 bits per heavy atom. The molecule has 0 radical (unpaired) electrons. The van der Waals surface area contributed by atoms with E-state index in [0.717, 1.165) is 23.8 Å². The van der Waals surface area contributed by atoms with E-state index in [1.165, 1.54) is 12.5 Å². The van der Waals surface area contributed by atoms with Crippen LogP contribution in [0.15, 0.2) is 36.8 Å². The summed E-state index contributed by atoms with van der Waals surface area (Å²) < 4.78 is 0. The molecule has 1 aromatic heterocycles. The minimum absolute atomic E-state index is 0.0282. The average Bonchev–Trinajstić information content (AvgIpc) is 2.62. The Bertz CT molecular complexity index is 702. The molecule has 24 heavy (non-hydrogen) atoms. The second-order valence-corrected chi connectivity index (χ2v) is 6.26. The van der Waals surface area contributed by atoms with Crippen LogP contribution in [0.2, 0.25) is 10.0 Å². The summed E-state index contributed by atoms with van der Waals surface area (Å²) in [5.41, 5.74) is 1.12. The van der Waals surface area contributed by atoms with Crippen LogP contribution < -0.4 is 10.2 Å². The lowest BCUT2D eigenvalue weighted by Gasteiger charge is -2.36. The number of hydrogen-bond acceptors (Lipinski definition) is 5. The van der Waals surface area contributed by atoms with Crippen LogP contribution in [0.4, 0.5) is 11.5 Å². The van der Waals surface area contributed by atoms with Crippen molar-refractivity contribution in [3.8, 4) is 0 Å². The first kappa shape index (κ1) is 16.8. The Balaban J connectivity index is 1.50. The highest BCUT2D eigenvalue weighted by Crippen LogP contribution is 2.20. The van der Waals surface area contributed by atoms with Crippen molar-refractivity contribution in [3.05, 3.63) is 46.8 Å². The van der Waals surface area contributed by atoms with E-state index in [1.807, 2.05) is 29.2 Å². The van der Waals surface area contributed by atoms with Gasteiger partial charge in [0.05, 0.1) is 12.7 Å². The Labute approximate surface area is 150 Å². The van der Waals surface area contributed by atoms with Gasteiger partial charge in [-0.2, -0.15) is 0 Å². The Morgan fingerprint density at radius 3 is 2.50 bits per heavy atom. The molecule has 0 bridgehead atoms. The first-order valence-corrected chi connectivity index (χ1v) is 8.37. The van der Waals surface area contributed by atoms with Gasteiger partial charge in [0.1, 0.15) is 17.2 Å². The molecule has 2 heterocycles. The summed E-state index contributed by atoms with van der Waals surface area (Å²) >= 11 is 11.9. The van der Waals surface area contributed by atoms with Gasteiger partial charge in [-0.1, -0.05) is 23.2 Å². The fraction of sp³-hybridized carbons (Fsp3) is 0.312. The number of rotatable bonds is 4. The van der Waals surface area contributed by atoms with Crippen LogP contribution in [0.25, 0.3) is 0 Å². The van der Waals surface area contributed by atoms with Crippen molar-refractivity contribution in [2.24, 2.45) is 0 Å². The fourth-order valence-electron chi connectivity index (χ4n) is 2.58. The van der Waals surface area contributed by atoms with E-state index < -0.39 is 0 Å². The van der Waals surface area contributed by atoms with Gasteiger partial charge in [0.25, 0.3) is 0 Å². The van der Waals surface area contributed by atoms with Crippen LogP contribution in [0.3, 0.4) is 0 Å². The van der Waals surface area contributed by atoms with Gasteiger partial charge in [-0.3, -0.25) is 4.79 Å². The van der Waals surface area contributed by atoms with Crippen molar-refractivity contribution < 1.29 is 4.79 Å². The zero-order chi connectivity index (χ0) is 16.9. The molecule has 1 fully saturated rings. The standard InChI is InChI=1S/C16H17Cl2N5O/c17-12-1-3-13(4-2-12)22-5-7-23(8-6-22)15(24)10-20-16-14(18)9-19-11-21-16/h1-4,9,11H,5-8,10H2,(H,19,20,21). The fourth-order valence-corrected chi connectivity index (χ4v) is 2.88. The lowest BCUT2D eigenvalue weighted by atomic mass is 10.2. The maximum Gasteiger partial charge on any atom is 0.242 e. The predicted molar refractivity (Wildman–Crippen MR) is 95.8 cm³/mol. The third-order valence-corrected chi connectivity index (χ3v) is 4.43. The highest BCUT2D eigenvalue weighted by atomic mass is 35.5. The van der Waals surface area contributed by atoms with E-state index in [-0.39, 0.29) is 12.5 Å². The second kappa shape index (κ2) is 7.68. The maximum atomic E-state index is 12.3. The van der Waals surface area contributed by atoms with Gasteiger partial charge in [-0.05, 0) is 24.3 Å². The molecule has 1 N–H and O–H groups in total. The highest BCUT2D eigenvalue weighted by molar-refractivity contribution is 6.32. The molecule has 126 valence electrons. The minimum Gasteiger partial charge on any atom is -0.368 e. The molecule has 0 spiro atoms. The lowest BCUT2D eigenvalue weighted by Crippen LogP contribution is -2.50. The molecule has 0 saturated carbocycles. The van der Waals surface area contributed by atoms with Crippen LogP contribution >= 0.6 is 23.2 Å². The average molecular weight is 366 g/mol. The highest BCUT2D eigenvalue weighted by Gasteiger charge is 2.21. The van der Waals surface area contributed by atoms with E-state index in [9.17, 15) is 4.79 Å². The van der Waals surface area contributed by atoms with Gasteiger partial charge in [0.15, 0.2) is 0 Å². The van der Waals surface area contributed by atoms with E-state index in [1.54, 1.807) is 0 Å². The Hall–Kier alpha value is -2.05. The molecular weight excluding hydrogens is 349 g/mol. The number of carbonyl (C=O) groups is 1. The molecule has 1 amide bonds. The van der Waals surface area contributed by atoms with Crippen molar-refractivity contribution in [2.75, 3.05) is 42.9 Å². The quantitative estimate of drug-likeness (QED) is 0.901. The Kier molecular flexibility index (Phi) is 5.37. The third kappa shape index (κ3) is 4.07. The van der Waals surface area contributed by atoms with Crippen molar-refractivity contribution in [1.29, 1.82) is 0 Å². The van der Waals surface area contributed by atoms with E-state index in [2.05, 4.69) is 20.2 Å². The number of hydrogen-bond donors (Lipinski definition) is 1. The van der Waals surface area contributed by atoms with Crippen LogP contribution in [-0.4, -0.2) is 53.5 Å². The summed E-state index contributed by atoms with van der Waals surface area (Å²) in [6.07, 6.45) is 2.88. The molecule has 3 rings (SSSR count). The van der Waals surface area contributed by atoms with Crippen LogP contribution in [0, 0.1) is 0 Å². The van der Waals surface area contributed by atoms with E-state index >= 15 is 0 Å². The summed E-state index contributed by atoms with van der Waals surface area (Å²) in [7, 11) is 0. The largest absolute Gasteiger partial charge is 0.368 e. The number of benzene rings is 1. The molecule has 0 unspecified atom stereocenters. The zero-order valence-corrected chi connectivity index (χ0v) is 14.5.